The number of thiol groups is 1. The molecule has 0 aromatic rings. The van der Waals surface area contributed by atoms with Crippen LogP contribution in [-0.4, -0.2) is 34.0 Å². The van der Waals surface area contributed by atoms with Crippen LogP contribution in [0.15, 0.2) is 0 Å². The molecule has 0 aliphatic carbocycles. The maximum Gasteiger partial charge on any atom is 0.116 e. The maximum absolute atomic E-state index is 6.56. The van der Waals surface area contributed by atoms with Gasteiger partial charge in [-0.05, 0) is 55.1 Å². The predicted molar refractivity (Wildman–Crippen MR) is 145 cm³/mol. The Hall–Kier alpha value is 1.22. The first-order valence-corrected chi connectivity index (χ1v) is 16.3. The molecule has 4 heteroatoms. The molecule has 0 aromatic carbocycles. The molecule has 0 aliphatic rings. The summed E-state index contributed by atoms with van der Waals surface area (Å²) in [5.41, 5.74) is 0. The smallest absolute Gasteiger partial charge is 0.116 e. The van der Waals surface area contributed by atoms with E-state index in [1.165, 1.54) is 124 Å². The fraction of sp³-hybridized carbons (Fsp3) is 0.962. The molecule has 0 spiro atoms. The fourth-order valence-corrected chi connectivity index (χ4v) is 11.9. The van der Waals surface area contributed by atoms with E-state index in [0.717, 1.165) is 6.61 Å². The summed E-state index contributed by atoms with van der Waals surface area (Å²) in [6.07, 6.45) is 19.8. The van der Waals surface area contributed by atoms with Crippen molar-refractivity contribution in [1.82, 2.24) is 0 Å². The summed E-state index contributed by atoms with van der Waals surface area (Å²) in [4.78, 5) is 0. The van der Waals surface area contributed by atoms with E-state index in [-0.39, 0.29) is 21.1 Å². The summed E-state index contributed by atoms with van der Waals surface area (Å²) >= 11 is 5.25. The van der Waals surface area contributed by atoms with Gasteiger partial charge < -0.3 is 4.74 Å². The summed E-state index contributed by atoms with van der Waals surface area (Å²) in [6, 6.07) is 0. The Morgan fingerprint density at radius 1 is 0.533 bits per heavy atom. The minimum atomic E-state index is -1.78. The van der Waals surface area contributed by atoms with E-state index >= 15 is 0 Å². The third-order valence-electron chi connectivity index (χ3n) is 6.60. The molecule has 0 atom stereocenters. The second kappa shape index (κ2) is 20.8. The second-order valence-corrected chi connectivity index (χ2v) is 15.6. The van der Waals surface area contributed by atoms with Gasteiger partial charge in [0.15, 0.2) is 0 Å². The van der Waals surface area contributed by atoms with Crippen LogP contribution in [0, 0.1) is 0 Å². The molecule has 0 rings (SSSR count). The molecule has 0 heterocycles. The van der Waals surface area contributed by atoms with Crippen LogP contribution in [0.5, 0.6) is 0 Å². The van der Waals surface area contributed by atoms with Gasteiger partial charge in [0.2, 0.25) is 0 Å². The monoisotopic (exact) mass is 546 g/mol. The minimum absolute atomic E-state index is 0. The molecule has 0 saturated heterocycles. The zero-order valence-electron chi connectivity index (χ0n) is 21.3. The first-order chi connectivity index (χ1) is 14.0. The Kier molecular flexibility index (Phi) is 23.2. The number of rotatable bonds is 20. The number of hydrogen-bond donors (Lipinski definition) is 1. The van der Waals surface area contributed by atoms with Gasteiger partial charge in [-0.2, -0.15) is 0 Å². The van der Waals surface area contributed by atoms with Crippen LogP contribution < -0.4 is 0 Å². The second-order valence-electron chi connectivity index (χ2n) is 9.27. The van der Waals surface area contributed by atoms with Crippen LogP contribution in [0.1, 0.15) is 131 Å². The fourth-order valence-electron chi connectivity index (χ4n) is 4.56. The normalized spacial score (nSPS) is 12.9. The summed E-state index contributed by atoms with van der Waals surface area (Å²) in [5.74, 6) is 5.53. The molecule has 1 nitrogen and oxygen atoms in total. The minimum Gasteiger partial charge on any atom is -0.336 e. The topological polar surface area (TPSA) is 9.23 Å². The van der Waals surface area contributed by atoms with E-state index in [1.807, 2.05) is 0 Å². The van der Waals surface area contributed by atoms with Gasteiger partial charge in [-0.3, -0.25) is 0 Å². The third kappa shape index (κ3) is 12.5. The predicted octanol–water partition coefficient (Wildman–Crippen LogP) is 9.31. The van der Waals surface area contributed by atoms with Crippen molar-refractivity contribution in [3.8, 4) is 0 Å². The Labute approximate surface area is 211 Å². The first-order valence-electron chi connectivity index (χ1n) is 13.1. The Morgan fingerprint density at radius 2 is 0.833 bits per heavy atom. The van der Waals surface area contributed by atoms with Gasteiger partial charge in [-0.25, -0.2) is 8.75 Å². The van der Waals surface area contributed by atoms with Crippen molar-refractivity contribution in [2.75, 3.05) is 29.6 Å². The van der Waals surface area contributed by atoms with Crippen LogP contribution in [0.2, 0.25) is 0 Å². The number of ether oxygens (including phenoxy) is 1. The van der Waals surface area contributed by atoms with Crippen LogP contribution in [0.25, 0.3) is 0 Å². The maximum atomic E-state index is 6.56. The van der Waals surface area contributed by atoms with Crippen molar-refractivity contribution in [2.45, 2.75) is 131 Å². The average Bonchev–Trinajstić information content (AvgIpc) is 2.72. The molecule has 0 bridgehead atoms. The molecule has 0 fully saturated rings. The van der Waals surface area contributed by atoms with E-state index in [0.29, 0.717) is 0 Å². The molecule has 0 N–H and O–H groups in total. The van der Waals surface area contributed by atoms with Gasteiger partial charge in [-0.15, -0.1) is 12.6 Å². The summed E-state index contributed by atoms with van der Waals surface area (Å²) in [5, 5.41) is 0. The SMILES string of the molecule is CCCCCOC(S)=S(CCCCC)(CCCCC)(CCCCC)CCCCC.[Mo]. The molecule has 30 heavy (non-hydrogen) atoms. The van der Waals surface area contributed by atoms with E-state index < -0.39 is 8.75 Å². The first kappa shape index (κ1) is 33.4. The van der Waals surface area contributed by atoms with Crippen LogP contribution in [0.4, 0.5) is 0 Å². The molecule has 0 unspecified atom stereocenters. The van der Waals surface area contributed by atoms with E-state index in [9.17, 15) is 0 Å². The summed E-state index contributed by atoms with van der Waals surface area (Å²) in [7, 11) is -1.78. The van der Waals surface area contributed by atoms with E-state index in [2.05, 4.69) is 34.6 Å². The Morgan fingerprint density at radius 3 is 1.13 bits per heavy atom. The zero-order chi connectivity index (χ0) is 21.9. The molecule has 0 aromatic heterocycles. The van der Waals surface area contributed by atoms with Crippen molar-refractivity contribution >= 4 is 25.8 Å². The quantitative estimate of drug-likeness (QED) is 0.0695. The molecule has 0 saturated carbocycles. The van der Waals surface area contributed by atoms with Gasteiger partial charge in [0.05, 0.1) is 6.61 Å². The van der Waals surface area contributed by atoms with E-state index in [1.54, 1.807) is 0 Å². The average molecular weight is 545 g/mol. The van der Waals surface area contributed by atoms with Gasteiger partial charge >= 0.3 is 0 Å². The zero-order valence-corrected chi connectivity index (χ0v) is 25.0. The van der Waals surface area contributed by atoms with Crippen LogP contribution >= 0.6 is 21.4 Å². The van der Waals surface area contributed by atoms with E-state index in [4.69, 9.17) is 17.4 Å². The Bertz CT molecular complexity index is 387. The van der Waals surface area contributed by atoms with Gasteiger partial charge in [0.1, 0.15) is 4.38 Å². The van der Waals surface area contributed by atoms with Crippen molar-refractivity contribution < 1.29 is 25.8 Å². The standard InChI is InChI=1S/C26H56OS2.Mo/c1-6-11-16-21-27-26(28)29(22-17-12-7-2,23-18-13-8-3,24-19-14-9-4)25-20-15-10-5;/h28H,6-25H2,1-5H3;. The molecule has 184 valence electrons. The van der Waals surface area contributed by atoms with Crippen molar-refractivity contribution in [2.24, 2.45) is 0 Å². The van der Waals surface area contributed by atoms with Gasteiger partial charge in [0.25, 0.3) is 0 Å². The molecule has 0 radical (unpaired) electrons. The molecular weight excluding hydrogens is 488 g/mol. The summed E-state index contributed by atoms with van der Waals surface area (Å²) < 4.78 is 7.78. The molecular formula is C26H56MoOS2. The van der Waals surface area contributed by atoms with Crippen molar-refractivity contribution in [3.05, 3.63) is 0 Å². The molecule has 0 aliphatic heterocycles. The summed E-state index contributed by atoms with van der Waals surface area (Å²) in [6.45, 7) is 12.5. The number of unbranched alkanes of at least 4 members (excludes halogenated alkanes) is 10. The van der Waals surface area contributed by atoms with Crippen LogP contribution in [0.3, 0.4) is 0 Å². The van der Waals surface area contributed by atoms with Crippen LogP contribution in [-0.2, 0) is 25.8 Å². The Balaban J connectivity index is 0. The number of hydrogen-bond acceptors (Lipinski definition) is 1. The largest absolute Gasteiger partial charge is 0.336 e. The van der Waals surface area contributed by atoms with Crippen molar-refractivity contribution in [1.29, 1.82) is 0 Å². The third-order valence-corrected chi connectivity index (χ3v) is 14.8. The van der Waals surface area contributed by atoms with Crippen molar-refractivity contribution in [3.63, 3.8) is 0 Å². The molecule has 0 amide bonds. The van der Waals surface area contributed by atoms with Gasteiger partial charge in [-0.1, -0.05) is 98.8 Å². The van der Waals surface area contributed by atoms with Gasteiger partial charge in [0, 0.05) is 21.1 Å².